The van der Waals surface area contributed by atoms with Crippen molar-refractivity contribution >= 4 is 28.2 Å². The second kappa shape index (κ2) is 9.37. The van der Waals surface area contributed by atoms with Gasteiger partial charge in [0.2, 0.25) is 0 Å². The number of aryl methyl sites for hydroxylation is 1. The van der Waals surface area contributed by atoms with Gasteiger partial charge in [-0.25, -0.2) is 4.98 Å². The van der Waals surface area contributed by atoms with Crippen LogP contribution in [0.2, 0.25) is 0 Å². The highest BCUT2D eigenvalue weighted by Crippen LogP contribution is 2.33. The second-order valence-corrected chi connectivity index (χ2v) is 10.3. The summed E-state index contributed by atoms with van der Waals surface area (Å²) in [6.07, 6.45) is -2.54. The molecule has 0 aliphatic heterocycles. The highest BCUT2D eigenvalue weighted by atomic mass is 32.1. The quantitative estimate of drug-likeness (QED) is 0.266. The number of nitrogens with zero attached hydrogens (tertiary/aromatic N) is 2. The van der Waals surface area contributed by atoms with E-state index >= 15 is 0 Å². The Bertz CT molecular complexity index is 1350. The Balaban J connectivity index is 1.47. The first-order chi connectivity index (χ1) is 16.4. The van der Waals surface area contributed by atoms with Gasteiger partial charge in [-0.15, -0.1) is 11.3 Å². The Labute approximate surface area is 205 Å². The largest absolute Gasteiger partial charge is 0.487 e. The molecule has 0 saturated carbocycles. The molecule has 0 saturated heterocycles. The average molecular weight is 503 g/mol. The van der Waals surface area contributed by atoms with Crippen LogP contribution in [0.5, 0.6) is 5.75 Å². The van der Waals surface area contributed by atoms with Gasteiger partial charge in [-0.1, -0.05) is 12.1 Å². The van der Waals surface area contributed by atoms with Crippen LogP contribution in [0.25, 0.3) is 21.5 Å². The van der Waals surface area contributed by atoms with E-state index in [2.05, 4.69) is 4.98 Å². The maximum Gasteiger partial charge on any atom is 0.416 e. The Morgan fingerprint density at radius 3 is 2.43 bits per heavy atom. The smallest absolute Gasteiger partial charge is 0.416 e. The van der Waals surface area contributed by atoms with E-state index in [4.69, 9.17) is 9.47 Å². The summed E-state index contributed by atoms with van der Waals surface area (Å²) >= 11 is 1.41. The number of hydrogen-bond acceptors (Lipinski definition) is 5. The van der Waals surface area contributed by atoms with E-state index in [1.165, 1.54) is 23.5 Å². The molecule has 5 nitrogen and oxygen atoms in total. The van der Waals surface area contributed by atoms with Crippen molar-refractivity contribution in [3.05, 3.63) is 70.9 Å². The minimum Gasteiger partial charge on any atom is -0.487 e. The lowest BCUT2D eigenvalue weighted by Crippen LogP contribution is -2.26. The Morgan fingerprint density at radius 2 is 1.77 bits per heavy atom. The highest BCUT2D eigenvalue weighted by Gasteiger charge is 2.30. The number of alkyl halides is 3. The molecule has 0 aliphatic carbocycles. The zero-order valence-corrected chi connectivity index (χ0v) is 20.6. The molecule has 0 amide bonds. The molecule has 4 rings (SSSR count). The van der Waals surface area contributed by atoms with Crippen LogP contribution in [-0.2, 0) is 28.9 Å². The standard InChI is InChI=1S/C26H25F3N2O3S/c1-16-21(30-24(35-16)18-5-8-19(9-6-18)26(27,28)29)15-33-20-10-7-17-11-12-31(22(17)13-20)14-23(32)34-25(2,3)4/h5-13H,14-15H2,1-4H3. The fraction of sp³-hybridized carbons (Fsp3) is 0.308. The predicted octanol–water partition coefficient (Wildman–Crippen LogP) is 7.01. The molecule has 0 atom stereocenters. The summed E-state index contributed by atoms with van der Waals surface area (Å²) in [5, 5.41) is 1.60. The number of benzene rings is 2. The Hall–Kier alpha value is -3.33. The third kappa shape index (κ3) is 6.03. The van der Waals surface area contributed by atoms with Gasteiger partial charge >= 0.3 is 12.1 Å². The molecule has 0 bridgehead atoms. The molecule has 0 radical (unpaired) electrons. The number of thiazole rings is 1. The maximum absolute atomic E-state index is 12.8. The topological polar surface area (TPSA) is 53.4 Å². The molecule has 184 valence electrons. The van der Waals surface area contributed by atoms with Gasteiger partial charge < -0.3 is 14.0 Å². The van der Waals surface area contributed by atoms with E-state index in [-0.39, 0.29) is 19.1 Å². The van der Waals surface area contributed by atoms with Crippen molar-refractivity contribution in [2.75, 3.05) is 0 Å². The van der Waals surface area contributed by atoms with Crippen LogP contribution in [0.4, 0.5) is 13.2 Å². The predicted molar refractivity (Wildman–Crippen MR) is 129 cm³/mol. The molecule has 2 aromatic heterocycles. The third-order valence-corrected chi connectivity index (χ3v) is 6.25. The molecule has 0 spiro atoms. The van der Waals surface area contributed by atoms with Gasteiger partial charge in [0.25, 0.3) is 0 Å². The van der Waals surface area contributed by atoms with Gasteiger partial charge in [0.15, 0.2) is 0 Å². The zero-order valence-electron chi connectivity index (χ0n) is 19.8. The highest BCUT2D eigenvalue weighted by molar-refractivity contribution is 7.15. The Kier molecular flexibility index (Phi) is 6.64. The summed E-state index contributed by atoms with van der Waals surface area (Å²) in [5.41, 5.74) is 0.936. The van der Waals surface area contributed by atoms with Crippen LogP contribution in [0.15, 0.2) is 54.7 Å². The fourth-order valence-corrected chi connectivity index (χ4v) is 4.47. The molecule has 0 unspecified atom stereocenters. The first-order valence-corrected chi connectivity index (χ1v) is 11.8. The SMILES string of the molecule is Cc1sc(-c2ccc(C(F)(F)F)cc2)nc1COc1ccc2ccn(CC(=O)OC(C)(C)C)c2c1. The van der Waals surface area contributed by atoms with Gasteiger partial charge in [0.1, 0.15) is 29.5 Å². The Morgan fingerprint density at radius 1 is 1.06 bits per heavy atom. The van der Waals surface area contributed by atoms with Crippen LogP contribution in [-0.4, -0.2) is 21.1 Å². The minimum absolute atomic E-state index is 0.0892. The van der Waals surface area contributed by atoms with Crippen LogP contribution in [0.3, 0.4) is 0 Å². The van der Waals surface area contributed by atoms with Crippen LogP contribution in [0, 0.1) is 6.92 Å². The second-order valence-electron chi connectivity index (χ2n) is 9.14. The maximum atomic E-state index is 12.8. The molecule has 0 aliphatic rings. The summed E-state index contributed by atoms with van der Waals surface area (Å²) < 4.78 is 51.7. The van der Waals surface area contributed by atoms with Gasteiger partial charge in [-0.05, 0) is 63.4 Å². The lowest BCUT2D eigenvalue weighted by molar-refractivity contribution is -0.155. The van der Waals surface area contributed by atoms with Crippen molar-refractivity contribution in [2.24, 2.45) is 0 Å². The van der Waals surface area contributed by atoms with E-state index in [1.54, 1.807) is 0 Å². The van der Waals surface area contributed by atoms with E-state index in [9.17, 15) is 18.0 Å². The average Bonchev–Trinajstić information content (AvgIpc) is 3.33. The number of aromatic nitrogens is 2. The summed E-state index contributed by atoms with van der Waals surface area (Å²) in [4.78, 5) is 17.8. The first kappa shape index (κ1) is 24.8. The van der Waals surface area contributed by atoms with E-state index in [0.717, 1.165) is 27.9 Å². The minimum atomic E-state index is -4.37. The van der Waals surface area contributed by atoms with Crippen LogP contribution in [0.1, 0.15) is 36.9 Å². The number of fused-ring (bicyclic) bond motifs is 1. The van der Waals surface area contributed by atoms with Crippen molar-refractivity contribution in [3.63, 3.8) is 0 Å². The molecule has 2 aromatic carbocycles. The number of carbonyl (C=O) groups excluding carboxylic acids is 1. The van der Waals surface area contributed by atoms with Gasteiger partial charge in [0.05, 0.1) is 16.8 Å². The number of rotatable bonds is 6. The number of halogens is 3. The third-order valence-electron chi connectivity index (χ3n) is 5.19. The van der Waals surface area contributed by atoms with Gasteiger partial charge in [0, 0.05) is 22.7 Å². The number of hydrogen-bond donors (Lipinski definition) is 0. The molecule has 35 heavy (non-hydrogen) atoms. The number of ether oxygens (including phenoxy) is 2. The zero-order chi connectivity index (χ0) is 25.4. The van der Waals surface area contributed by atoms with Gasteiger partial charge in [-0.3, -0.25) is 4.79 Å². The monoisotopic (exact) mass is 502 g/mol. The normalized spacial score (nSPS) is 12.2. The molecule has 9 heteroatoms. The van der Waals surface area contributed by atoms with Crippen molar-refractivity contribution < 1.29 is 27.4 Å². The lowest BCUT2D eigenvalue weighted by atomic mass is 10.1. The fourth-order valence-electron chi connectivity index (χ4n) is 3.54. The molecular formula is C26H25F3N2O3S. The summed E-state index contributed by atoms with van der Waals surface area (Å²) in [5.74, 6) is 0.292. The number of esters is 1. The molecule has 0 fully saturated rings. The molecule has 0 N–H and O–H groups in total. The molecule has 4 aromatic rings. The van der Waals surface area contributed by atoms with Crippen molar-refractivity contribution in [2.45, 2.75) is 52.6 Å². The van der Waals surface area contributed by atoms with Gasteiger partial charge in [-0.2, -0.15) is 13.2 Å². The van der Waals surface area contributed by atoms with Crippen LogP contribution < -0.4 is 4.74 Å². The summed E-state index contributed by atoms with van der Waals surface area (Å²) in [7, 11) is 0. The van der Waals surface area contributed by atoms with E-state index < -0.39 is 17.3 Å². The summed E-state index contributed by atoms with van der Waals surface area (Å²) in [6.45, 7) is 7.68. The van der Waals surface area contributed by atoms with Crippen molar-refractivity contribution in [1.82, 2.24) is 9.55 Å². The van der Waals surface area contributed by atoms with Crippen molar-refractivity contribution in [1.29, 1.82) is 0 Å². The van der Waals surface area contributed by atoms with E-state index in [1.807, 2.05) is 62.7 Å². The summed E-state index contributed by atoms with van der Waals surface area (Å²) in [6, 6.07) is 12.5. The van der Waals surface area contributed by atoms with Crippen molar-refractivity contribution in [3.8, 4) is 16.3 Å². The lowest BCUT2D eigenvalue weighted by Gasteiger charge is -2.19. The van der Waals surface area contributed by atoms with E-state index in [0.29, 0.717) is 22.0 Å². The molecular weight excluding hydrogens is 477 g/mol. The van der Waals surface area contributed by atoms with Crippen LogP contribution >= 0.6 is 11.3 Å². The molecule has 2 heterocycles. The number of carbonyl (C=O) groups is 1. The first-order valence-electron chi connectivity index (χ1n) is 11.0.